The SMILES string of the molecule is CCO[C@@H](C(=O)Nc1cc(C(=O)N(C)C)ccc1Cl)c1ccccc1. The lowest BCUT2D eigenvalue weighted by molar-refractivity contribution is -0.127. The smallest absolute Gasteiger partial charge is 0.258 e. The highest BCUT2D eigenvalue weighted by Gasteiger charge is 2.22. The molecule has 2 rings (SSSR count). The Morgan fingerprint density at radius 1 is 1.16 bits per heavy atom. The minimum absolute atomic E-state index is 0.170. The van der Waals surface area contributed by atoms with Gasteiger partial charge in [-0.1, -0.05) is 41.9 Å². The Bertz CT molecular complexity index is 748. The first-order chi connectivity index (χ1) is 11.9. The van der Waals surface area contributed by atoms with Gasteiger partial charge < -0.3 is 15.0 Å². The molecule has 2 aromatic carbocycles. The highest BCUT2D eigenvalue weighted by atomic mass is 35.5. The second-order valence-corrected chi connectivity index (χ2v) is 6.04. The van der Waals surface area contributed by atoms with E-state index < -0.39 is 6.10 Å². The molecule has 132 valence electrons. The van der Waals surface area contributed by atoms with Crippen molar-refractivity contribution in [3.8, 4) is 0 Å². The van der Waals surface area contributed by atoms with Crippen molar-refractivity contribution in [2.24, 2.45) is 0 Å². The number of hydrogen-bond donors (Lipinski definition) is 1. The predicted molar refractivity (Wildman–Crippen MR) is 98.9 cm³/mol. The Kier molecular flexibility index (Phi) is 6.56. The van der Waals surface area contributed by atoms with Crippen molar-refractivity contribution < 1.29 is 14.3 Å². The van der Waals surface area contributed by atoms with Gasteiger partial charge in [0.2, 0.25) is 0 Å². The minimum atomic E-state index is -0.754. The quantitative estimate of drug-likeness (QED) is 0.853. The number of carbonyl (C=O) groups is 2. The summed E-state index contributed by atoms with van der Waals surface area (Å²) < 4.78 is 5.59. The first-order valence-electron chi connectivity index (χ1n) is 7.92. The van der Waals surface area contributed by atoms with Crippen LogP contribution < -0.4 is 5.32 Å². The fraction of sp³-hybridized carbons (Fsp3) is 0.263. The molecule has 0 aromatic heterocycles. The first kappa shape index (κ1) is 19.0. The van der Waals surface area contributed by atoms with E-state index in [0.29, 0.717) is 22.9 Å². The van der Waals surface area contributed by atoms with Gasteiger partial charge in [-0.15, -0.1) is 0 Å². The lowest BCUT2D eigenvalue weighted by Gasteiger charge is -2.18. The van der Waals surface area contributed by atoms with Crippen LogP contribution in [0.25, 0.3) is 0 Å². The molecule has 0 spiro atoms. The van der Waals surface area contributed by atoms with E-state index in [-0.39, 0.29) is 11.8 Å². The average molecular weight is 361 g/mol. The van der Waals surface area contributed by atoms with Gasteiger partial charge in [0, 0.05) is 26.3 Å². The molecule has 1 N–H and O–H groups in total. The van der Waals surface area contributed by atoms with Gasteiger partial charge >= 0.3 is 0 Å². The zero-order valence-electron chi connectivity index (χ0n) is 14.5. The van der Waals surface area contributed by atoms with E-state index >= 15 is 0 Å². The Labute approximate surface area is 152 Å². The monoisotopic (exact) mass is 360 g/mol. The van der Waals surface area contributed by atoms with Crippen molar-refractivity contribution in [1.29, 1.82) is 0 Å². The van der Waals surface area contributed by atoms with Crippen molar-refractivity contribution in [1.82, 2.24) is 4.90 Å². The second-order valence-electron chi connectivity index (χ2n) is 5.63. The van der Waals surface area contributed by atoms with Crippen LogP contribution in [0.5, 0.6) is 0 Å². The Morgan fingerprint density at radius 3 is 2.44 bits per heavy atom. The molecule has 0 aliphatic heterocycles. The Balaban J connectivity index is 2.26. The van der Waals surface area contributed by atoms with E-state index in [1.165, 1.54) is 4.90 Å². The summed E-state index contributed by atoms with van der Waals surface area (Å²) in [6.45, 7) is 2.21. The van der Waals surface area contributed by atoms with Gasteiger partial charge in [-0.05, 0) is 30.7 Å². The van der Waals surface area contributed by atoms with Gasteiger partial charge in [-0.2, -0.15) is 0 Å². The van der Waals surface area contributed by atoms with Gasteiger partial charge in [-0.3, -0.25) is 9.59 Å². The number of anilines is 1. The van der Waals surface area contributed by atoms with E-state index in [2.05, 4.69) is 5.32 Å². The third-order valence-corrected chi connectivity index (χ3v) is 3.88. The average Bonchev–Trinajstić information content (AvgIpc) is 2.61. The summed E-state index contributed by atoms with van der Waals surface area (Å²) in [7, 11) is 3.32. The number of rotatable bonds is 6. The number of halogens is 1. The Morgan fingerprint density at radius 2 is 1.84 bits per heavy atom. The normalized spacial score (nSPS) is 11.7. The number of amides is 2. The molecule has 0 heterocycles. The molecular weight excluding hydrogens is 340 g/mol. The summed E-state index contributed by atoms with van der Waals surface area (Å²) in [5, 5.41) is 3.11. The number of ether oxygens (including phenoxy) is 1. The van der Waals surface area contributed by atoms with Gasteiger partial charge in [0.05, 0.1) is 10.7 Å². The predicted octanol–water partition coefficient (Wildman–Crippen LogP) is 3.76. The maximum Gasteiger partial charge on any atom is 0.258 e. The number of hydrogen-bond acceptors (Lipinski definition) is 3. The summed E-state index contributed by atoms with van der Waals surface area (Å²) in [4.78, 5) is 26.2. The van der Waals surface area contributed by atoms with Gasteiger partial charge in [-0.25, -0.2) is 0 Å². The van der Waals surface area contributed by atoms with Gasteiger partial charge in [0.25, 0.3) is 11.8 Å². The van der Waals surface area contributed by atoms with Gasteiger partial charge in [0.1, 0.15) is 0 Å². The van der Waals surface area contributed by atoms with E-state index in [1.54, 1.807) is 32.3 Å². The van der Waals surface area contributed by atoms with Crippen LogP contribution in [0.1, 0.15) is 28.9 Å². The van der Waals surface area contributed by atoms with Gasteiger partial charge in [0.15, 0.2) is 6.10 Å². The molecule has 6 heteroatoms. The van der Waals surface area contributed by atoms with E-state index in [1.807, 2.05) is 37.3 Å². The zero-order valence-corrected chi connectivity index (χ0v) is 15.2. The molecule has 1 atom stereocenters. The van der Waals surface area contributed by atoms with Crippen LogP contribution in [0.4, 0.5) is 5.69 Å². The lowest BCUT2D eigenvalue weighted by atomic mass is 10.1. The number of nitrogens with zero attached hydrogens (tertiary/aromatic N) is 1. The van der Waals surface area contributed by atoms with Crippen LogP contribution in [0, 0.1) is 0 Å². The van der Waals surface area contributed by atoms with Crippen molar-refractivity contribution in [2.75, 3.05) is 26.0 Å². The lowest BCUT2D eigenvalue weighted by Crippen LogP contribution is -2.25. The van der Waals surface area contributed by atoms with Crippen LogP contribution in [0.15, 0.2) is 48.5 Å². The largest absolute Gasteiger partial charge is 0.364 e. The number of nitrogens with one attached hydrogen (secondary N) is 1. The molecule has 0 unspecified atom stereocenters. The minimum Gasteiger partial charge on any atom is -0.364 e. The second kappa shape index (κ2) is 8.65. The first-order valence-corrected chi connectivity index (χ1v) is 8.30. The molecule has 25 heavy (non-hydrogen) atoms. The zero-order chi connectivity index (χ0) is 18.4. The van der Waals surface area contributed by atoms with Crippen LogP contribution in [0.3, 0.4) is 0 Å². The summed E-state index contributed by atoms with van der Waals surface area (Å²) in [6, 6.07) is 14.0. The molecular formula is C19H21ClN2O3. The molecule has 2 aromatic rings. The van der Waals surface area contributed by atoms with Crippen molar-refractivity contribution >= 4 is 29.1 Å². The van der Waals surface area contributed by atoms with E-state index in [4.69, 9.17) is 16.3 Å². The molecule has 0 aliphatic rings. The van der Waals surface area contributed by atoms with Crippen LogP contribution in [-0.4, -0.2) is 37.4 Å². The van der Waals surface area contributed by atoms with E-state index in [0.717, 1.165) is 5.56 Å². The highest BCUT2D eigenvalue weighted by molar-refractivity contribution is 6.34. The molecule has 0 radical (unpaired) electrons. The third-order valence-electron chi connectivity index (χ3n) is 3.55. The fourth-order valence-electron chi connectivity index (χ4n) is 2.33. The molecule has 0 aliphatic carbocycles. The van der Waals surface area contributed by atoms with Crippen LogP contribution >= 0.6 is 11.6 Å². The third kappa shape index (κ3) is 4.81. The number of carbonyl (C=O) groups excluding carboxylic acids is 2. The summed E-state index contributed by atoms with van der Waals surface area (Å²) >= 11 is 6.17. The standard InChI is InChI=1S/C19H21ClN2O3/c1-4-25-17(13-8-6-5-7-9-13)18(23)21-16-12-14(10-11-15(16)20)19(24)22(2)3/h5-12,17H,4H2,1-3H3,(H,21,23)/t17-/m1/s1. The van der Waals surface area contributed by atoms with Crippen LogP contribution in [-0.2, 0) is 9.53 Å². The Hall–Kier alpha value is -2.37. The molecule has 0 saturated carbocycles. The van der Waals surface area contributed by atoms with Crippen molar-refractivity contribution in [3.63, 3.8) is 0 Å². The maximum absolute atomic E-state index is 12.7. The molecule has 2 amide bonds. The topological polar surface area (TPSA) is 58.6 Å². The molecule has 5 nitrogen and oxygen atoms in total. The maximum atomic E-state index is 12.7. The molecule has 0 bridgehead atoms. The van der Waals surface area contributed by atoms with Crippen molar-refractivity contribution in [2.45, 2.75) is 13.0 Å². The molecule has 0 fully saturated rings. The molecule has 0 saturated heterocycles. The fourth-order valence-corrected chi connectivity index (χ4v) is 2.49. The summed E-state index contributed by atoms with van der Waals surface area (Å²) in [6.07, 6.45) is -0.754. The summed E-state index contributed by atoms with van der Waals surface area (Å²) in [5.41, 5.74) is 1.57. The summed E-state index contributed by atoms with van der Waals surface area (Å²) in [5.74, 6) is -0.513. The van der Waals surface area contributed by atoms with Crippen molar-refractivity contribution in [3.05, 3.63) is 64.7 Å². The number of benzene rings is 2. The highest BCUT2D eigenvalue weighted by Crippen LogP contribution is 2.26. The van der Waals surface area contributed by atoms with Crippen LogP contribution in [0.2, 0.25) is 5.02 Å². The van der Waals surface area contributed by atoms with E-state index in [9.17, 15) is 9.59 Å².